The Balaban J connectivity index is 1.24. The third-order valence-electron chi connectivity index (χ3n) is 9.10. The zero-order valence-electron chi connectivity index (χ0n) is 21.8. The van der Waals surface area contributed by atoms with E-state index in [4.69, 9.17) is 0 Å². The van der Waals surface area contributed by atoms with Crippen molar-refractivity contribution in [3.63, 3.8) is 0 Å². The molecule has 3 aromatic rings. The molecule has 194 valence electrons. The van der Waals surface area contributed by atoms with E-state index in [1.54, 1.807) is 49.4 Å². The SMILES string of the molecule is C=CC1CCC(C2CCC(c3ccc(-c4ccc(-c5ccc(CC)c(F)c5F)cc4)c(F)c3)CC2)CC1. The molecule has 3 heteroatoms. The highest BCUT2D eigenvalue weighted by Gasteiger charge is 2.31. The van der Waals surface area contributed by atoms with E-state index in [1.165, 1.54) is 38.5 Å². The molecule has 0 atom stereocenters. The van der Waals surface area contributed by atoms with Crippen LogP contribution in [0, 0.1) is 35.2 Å². The van der Waals surface area contributed by atoms with Crippen molar-refractivity contribution in [2.45, 2.75) is 70.6 Å². The summed E-state index contributed by atoms with van der Waals surface area (Å²) in [4.78, 5) is 0. The molecule has 2 aliphatic carbocycles. The first-order valence-electron chi connectivity index (χ1n) is 14.0. The number of aryl methyl sites for hydroxylation is 1. The van der Waals surface area contributed by atoms with Gasteiger partial charge in [0.15, 0.2) is 11.6 Å². The highest BCUT2D eigenvalue weighted by atomic mass is 19.2. The molecule has 0 aromatic heterocycles. The smallest absolute Gasteiger partial charge is 0.166 e. The second-order valence-electron chi connectivity index (χ2n) is 11.1. The first kappa shape index (κ1) is 25.8. The van der Waals surface area contributed by atoms with Gasteiger partial charge in [0.1, 0.15) is 5.82 Å². The van der Waals surface area contributed by atoms with Crippen LogP contribution in [0.5, 0.6) is 0 Å². The molecule has 37 heavy (non-hydrogen) atoms. The molecule has 3 aromatic carbocycles. The van der Waals surface area contributed by atoms with Crippen molar-refractivity contribution in [2.75, 3.05) is 0 Å². The summed E-state index contributed by atoms with van der Waals surface area (Å²) in [6, 6.07) is 15.9. The quantitative estimate of drug-likeness (QED) is 0.294. The number of hydrogen-bond acceptors (Lipinski definition) is 0. The van der Waals surface area contributed by atoms with Gasteiger partial charge in [-0.2, -0.15) is 0 Å². The van der Waals surface area contributed by atoms with Crippen LogP contribution in [0.25, 0.3) is 22.3 Å². The van der Waals surface area contributed by atoms with Crippen LogP contribution in [0.2, 0.25) is 0 Å². The van der Waals surface area contributed by atoms with Crippen LogP contribution in [0.3, 0.4) is 0 Å². The van der Waals surface area contributed by atoms with Gasteiger partial charge >= 0.3 is 0 Å². The maximum Gasteiger partial charge on any atom is 0.166 e. The van der Waals surface area contributed by atoms with Gasteiger partial charge in [0, 0.05) is 11.1 Å². The lowest BCUT2D eigenvalue weighted by molar-refractivity contribution is 0.171. The average Bonchev–Trinajstić information content (AvgIpc) is 2.95. The number of benzene rings is 3. The fourth-order valence-corrected chi connectivity index (χ4v) is 6.71. The van der Waals surface area contributed by atoms with Crippen molar-refractivity contribution in [2.24, 2.45) is 17.8 Å². The van der Waals surface area contributed by atoms with Gasteiger partial charge in [-0.3, -0.25) is 0 Å². The van der Waals surface area contributed by atoms with E-state index < -0.39 is 11.6 Å². The zero-order chi connectivity index (χ0) is 25.9. The van der Waals surface area contributed by atoms with Crippen molar-refractivity contribution < 1.29 is 13.2 Å². The standard InChI is InChI=1S/C34H37F3/c1-3-22-5-7-24(8-6-22)25-9-11-26(12-10-25)29-18-19-30(32(35)21-29)27-13-15-28(16-14-27)31-20-17-23(4-2)33(36)34(31)37/h3,13-22,24-26H,1,4-12H2,2H3. The number of allylic oxidation sites excluding steroid dienone is 1. The summed E-state index contributed by atoms with van der Waals surface area (Å²) in [5.41, 5.74) is 3.54. The Hall–Kier alpha value is -2.81. The Labute approximate surface area is 219 Å². The minimum Gasteiger partial charge on any atom is -0.206 e. The maximum atomic E-state index is 15.2. The largest absolute Gasteiger partial charge is 0.206 e. The van der Waals surface area contributed by atoms with Crippen LogP contribution < -0.4 is 0 Å². The van der Waals surface area contributed by atoms with Crippen LogP contribution in [-0.2, 0) is 6.42 Å². The summed E-state index contributed by atoms with van der Waals surface area (Å²) >= 11 is 0. The number of halogens is 3. The molecule has 0 N–H and O–H groups in total. The predicted molar refractivity (Wildman–Crippen MR) is 147 cm³/mol. The molecule has 2 fully saturated rings. The van der Waals surface area contributed by atoms with Crippen LogP contribution >= 0.6 is 0 Å². The van der Waals surface area contributed by atoms with Gasteiger partial charge in [0.05, 0.1) is 0 Å². The fraction of sp³-hybridized carbons (Fsp3) is 0.412. The van der Waals surface area contributed by atoms with E-state index in [0.29, 0.717) is 34.9 Å². The van der Waals surface area contributed by atoms with Gasteiger partial charge in [-0.25, -0.2) is 13.2 Å². The Morgan fingerprint density at radius 2 is 1.27 bits per heavy atom. The van der Waals surface area contributed by atoms with Crippen LogP contribution in [0.4, 0.5) is 13.2 Å². The molecule has 2 saturated carbocycles. The lowest BCUT2D eigenvalue weighted by Crippen LogP contribution is -2.25. The second-order valence-corrected chi connectivity index (χ2v) is 11.1. The molecule has 0 bridgehead atoms. The molecule has 5 rings (SSSR count). The molecule has 2 aliphatic rings. The zero-order valence-corrected chi connectivity index (χ0v) is 21.8. The summed E-state index contributed by atoms with van der Waals surface area (Å²) < 4.78 is 44.1. The molecular weight excluding hydrogens is 465 g/mol. The Morgan fingerprint density at radius 3 is 1.84 bits per heavy atom. The van der Waals surface area contributed by atoms with Gasteiger partial charge in [-0.15, -0.1) is 6.58 Å². The van der Waals surface area contributed by atoms with E-state index in [9.17, 15) is 8.78 Å². The Kier molecular flexibility index (Phi) is 7.88. The maximum absolute atomic E-state index is 15.2. The van der Waals surface area contributed by atoms with Crippen molar-refractivity contribution in [1.29, 1.82) is 0 Å². The fourth-order valence-electron chi connectivity index (χ4n) is 6.71. The third kappa shape index (κ3) is 5.42. The first-order chi connectivity index (χ1) is 18.0. The van der Waals surface area contributed by atoms with E-state index in [0.717, 1.165) is 35.8 Å². The minimum absolute atomic E-state index is 0.223. The van der Waals surface area contributed by atoms with Gasteiger partial charge in [-0.1, -0.05) is 61.5 Å². The Morgan fingerprint density at radius 1 is 0.703 bits per heavy atom. The second kappa shape index (κ2) is 11.3. The molecular formula is C34H37F3. The molecule has 0 unspecified atom stereocenters. The molecule has 0 heterocycles. The molecule has 0 saturated heterocycles. The van der Waals surface area contributed by atoms with Crippen LogP contribution in [0.1, 0.15) is 75.3 Å². The summed E-state index contributed by atoms with van der Waals surface area (Å²) in [7, 11) is 0. The summed E-state index contributed by atoms with van der Waals surface area (Å²) in [5, 5.41) is 0. The highest BCUT2D eigenvalue weighted by Crippen LogP contribution is 2.44. The minimum atomic E-state index is -0.832. The van der Waals surface area contributed by atoms with Crippen molar-refractivity contribution in [3.05, 3.63) is 95.8 Å². The van der Waals surface area contributed by atoms with Crippen molar-refractivity contribution >= 4 is 0 Å². The summed E-state index contributed by atoms with van der Waals surface area (Å²) in [6.45, 7) is 5.77. The summed E-state index contributed by atoms with van der Waals surface area (Å²) in [5.74, 6) is 0.966. The predicted octanol–water partition coefficient (Wildman–Crippen LogP) is 10.3. The molecule has 0 spiro atoms. The normalized spacial score (nSPS) is 24.1. The average molecular weight is 503 g/mol. The van der Waals surface area contributed by atoms with E-state index in [-0.39, 0.29) is 11.4 Å². The van der Waals surface area contributed by atoms with E-state index in [1.807, 2.05) is 6.07 Å². The topological polar surface area (TPSA) is 0 Å². The molecule has 0 aliphatic heterocycles. The lowest BCUT2D eigenvalue weighted by atomic mass is 9.68. The van der Waals surface area contributed by atoms with Crippen LogP contribution in [0.15, 0.2) is 67.3 Å². The molecule has 0 nitrogen and oxygen atoms in total. The van der Waals surface area contributed by atoms with Gasteiger partial charge in [0.25, 0.3) is 0 Å². The summed E-state index contributed by atoms with van der Waals surface area (Å²) in [6.07, 6.45) is 12.6. The Bertz CT molecular complexity index is 1230. The lowest BCUT2D eigenvalue weighted by Gasteiger charge is -2.37. The van der Waals surface area contributed by atoms with Crippen LogP contribution in [-0.4, -0.2) is 0 Å². The van der Waals surface area contributed by atoms with E-state index >= 15 is 4.39 Å². The van der Waals surface area contributed by atoms with E-state index in [2.05, 4.69) is 18.7 Å². The van der Waals surface area contributed by atoms with Crippen molar-refractivity contribution in [3.8, 4) is 22.3 Å². The van der Waals surface area contributed by atoms with Gasteiger partial charge < -0.3 is 0 Å². The van der Waals surface area contributed by atoms with Gasteiger partial charge in [0.2, 0.25) is 0 Å². The van der Waals surface area contributed by atoms with Gasteiger partial charge in [-0.05, 0) is 110 Å². The first-order valence-corrected chi connectivity index (χ1v) is 14.0. The number of hydrogen-bond donors (Lipinski definition) is 0. The third-order valence-corrected chi connectivity index (χ3v) is 9.10. The van der Waals surface area contributed by atoms with Crippen molar-refractivity contribution in [1.82, 2.24) is 0 Å². The molecule has 0 amide bonds. The monoisotopic (exact) mass is 502 g/mol. The highest BCUT2D eigenvalue weighted by molar-refractivity contribution is 5.71. The number of rotatable bonds is 6. The molecule has 0 radical (unpaired) electrons.